The van der Waals surface area contributed by atoms with Crippen LogP contribution in [0.3, 0.4) is 0 Å². The van der Waals surface area contributed by atoms with E-state index in [9.17, 15) is 18.0 Å². The third kappa shape index (κ3) is 5.19. The van der Waals surface area contributed by atoms with Crippen LogP contribution in [0, 0.1) is 11.8 Å². The molecule has 2 unspecified atom stereocenters. The average Bonchev–Trinajstić information content (AvgIpc) is 2.28. The van der Waals surface area contributed by atoms with Gasteiger partial charge in [0.1, 0.15) is 5.75 Å². The lowest BCUT2D eigenvalue weighted by molar-refractivity contribution is -0.274. The highest BCUT2D eigenvalue weighted by atomic mass is 19.4. The van der Waals surface area contributed by atoms with Crippen molar-refractivity contribution in [3.8, 4) is 5.75 Å². The Hall–Kier alpha value is -1.72. The lowest BCUT2D eigenvalue weighted by Crippen LogP contribution is -2.20. The molecule has 0 aliphatic carbocycles. The number of hydrogen-bond donors (Lipinski definition) is 1. The van der Waals surface area contributed by atoms with Crippen molar-refractivity contribution in [2.45, 2.75) is 26.6 Å². The molecule has 1 aromatic rings. The fraction of sp³-hybridized carbons (Fsp3) is 0.462. The summed E-state index contributed by atoms with van der Waals surface area (Å²) in [6.45, 7) is 3.40. The SMILES string of the molecule is CC(Cc1ccc(OC(F)(F)F)cc1)C(C)C(=O)O. The fourth-order valence-electron chi connectivity index (χ4n) is 1.62. The van der Waals surface area contributed by atoms with Gasteiger partial charge in [-0.3, -0.25) is 4.79 Å². The first-order valence-electron chi connectivity index (χ1n) is 5.76. The van der Waals surface area contributed by atoms with Gasteiger partial charge in [-0.25, -0.2) is 0 Å². The molecule has 0 heterocycles. The number of benzene rings is 1. The Labute approximate surface area is 109 Å². The van der Waals surface area contributed by atoms with Gasteiger partial charge in [-0.2, -0.15) is 0 Å². The van der Waals surface area contributed by atoms with Crippen molar-refractivity contribution in [3.05, 3.63) is 29.8 Å². The number of carbonyl (C=O) groups is 1. The molecular formula is C13H15F3O3. The van der Waals surface area contributed by atoms with Crippen molar-refractivity contribution in [1.29, 1.82) is 0 Å². The second-order valence-corrected chi connectivity index (χ2v) is 4.50. The van der Waals surface area contributed by atoms with Crippen molar-refractivity contribution in [1.82, 2.24) is 0 Å². The standard InChI is InChI=1S/C13H15F3O3/c1-8(9(2)12(17)18)7-10-3-5-11(6-4-10)19-13(14,15)16/h3-6,8-9H,7H2,1-2H3,(H,17,18). The van der Waals surface area contributed by atoms with E-state index in [4.69, 9.17) is 5.11 Å². The molecule has 1 rings (SSSR count). The zero-order chi connectivity index (χ0) is 14.6. The first-order chi connectivity index (χ1) is 8.69. The number of aliphatic carboxylic acids is 1. The van der Waals surface area contributed by atoms with Gasteiger partial charge in [-0.1, -0.05) is 26.0 Å². The van der Waals surface area contributed by atoms with Gasteiger partial charge in [0.25, 0.3) is 0 Å². The summed E-state index contributed by atoms with van der Waals surface area (Å²) in [5.41, 5.74) is 0.773. The van der Waals surface area contributed by atoms with Crippen molar-refractivity contribution in [2.75, 3.05) is 0 Å². The molecule has 6 heteroatoms. The van der Waals surface area contributed by atoms with Gasteiger partial charge in [0.15, 0.2) is 0 Å². The summed E-state index contributed by atoms with van der Waals surface area (Å²) in [5, 5.41) is 8.86. The van der Waals surface area contributed by atoms with Crippen LogP contribution >= 0.6 is 0 Å². The highest BCUT2D eigenvalue weighted by Gasteiger charge is 2.31. The van der Waals surface area contributed by atoms with Crippen molar-refractivity contribution in [3.63, 3.8) is 0 Å². The molecule has 2 atom stereocenters. The number of halogens is 3. The lowest BCUT2D eigenvalue weighted by Gasteiger charge is -2.16. The van der Waals surface area contributed by atoms with E-state index >= 15 is 0 Å². The number of carboxylic acids is 1. The number of alkyl halides is 3. The summed E-state index contributed by atoms with van der Waals surface area (Å²) in [7, 11) is 0. The first kappa shape index (κ1) is 15.3. The molecule has 3 nitrogen and oxygen atoms in total. The van der Waals surface area contributed by atoms with E-state index in [0.29, 0.717) is 6.42 Å². The fourth-order valence-corrected chi connectivity index (χ4v) is 1.62. The van der Waals surface area contributed by atoms with Crippen LogP contribution < -0.4 is 4.74 Å². The van der Waals surface area contributed by atoms with E-state index in [-0.39, 0.29) is 11.7 Å². The quantitative estimate of drug-likeness (QED) is 0.895. The molecule has 0 aromatic heterocycles. The van der Waals surface area contributed by atoms with E-state index < -0.39 is 18.2 Å². The summed E-state index contributed by atoms with van der Waals surface area (Å²) in [5.74, 6) is -1.78. The molecule has 106 valence electrons. The van der Waals surface area contributed by atoms with Gasteiger partial charge in [-0.15, -0.1) is 13.2 Å². The third-order valence-electron chi connectivity index (χ3n) is 2.96. The van der Waals surface area contributed by atoms with Gasteiger partial charge in [0.2, 0.25) is 0 Å². The molecule has 19 heavy (non-hydrogen) atoms. The summed E-state index contributed by atoms with van der Waals surface area (Å²) in [6.07, 6.45) is -4.22. The van der Waals surface area contributed by atoms with E-state index in [1.807, 2.05) is 0 Å². The van der Waals surface area contributed by atoms with E-state index in [1.165, 1.54) is 24.3 Å². The largest absolute Gasteiger partial charge is 0.573 e. The predicted molar refractivity (Wildman–Crippen MR) is 62.8 cm³/mol. The minimum absolute atomic E-state index is 0.105. The molecule has 0 aliphatic heterocycles. The lowest BCUT2D eigenvalue weighted by atomic mass is 9.90. The Morgan fingerprint density at radius 1 is 1.26 bits per heavy atom. The average molecular weight is 276 g/mol. The Morgan fingerprint density at radius 3 is 2.21 bits per heavy atom. The van der Waals surface area contributed by atoms with Gasteiger partial charge >= 0.3 is 12.3 Å². The molecular weight excluding hydrogens is 261 g/mol. The number of rotatable bonds is 5. The smallest absolute Gasteiger partial charge is 0.481 e. The maximum absolute atomic E-state index is 12.0. The Balaban J connectivity index is 2.64. The van der Waals surface area contributed by atoms with Crippen LogP contribution in [0.4, 0.5) is 13.2 Å². The molecule has 0 saturated heterocycles. The number of hydrogen-bond acceptors (Lipinski definition) is 2. The van der Waals surface area contributed by atoms with Gasteiger partial charge in [0, 0.05) is 0 Å². The van der Waals surface area contributed by atoms with Gasteiger partial charge < -0.3 is 9.84 Å². The zero-order valence-corrected chi connectivity index (χ0v) is 10.6. The van der Waals surface area contributed by atoms with Crippen LogP contribution in [0.1, 0.15) is 19.4 Å². The number of carboxylic acid groups (broad SMARTS) is 1. The summed E-state index contributed by atoms with van der Waals surface area (Å²) < 4.78 is 39.6. The molecule has 1 N–H and O–H groups in total. The van der Waals surface area contributed by atoms with Crippen LogP contribution in [0.25, 0.3) is 0 Å². The molecule has 1 aromatic carbocycles. The maximum Gasteiger partial charge on any atom is 0.573 e. The third-order valence-corrected chi connectivity index (χ3v) is 2.96. The monoisotopic (exact) mass is 276 g/mol. The maximum atomic E-state index is 12.0. The topological polar surface area (TPSA) is 46.5 Å². The van der Waals surface area contributed by atoms with Gasteiger partial charge in [-0.05, 0) is 30.0 Å². The van der Waals surface area contributed by atoms with Crippen LogP contribution in [-0.4, -0.2) is 17.4 Å². The van der Waals surface area contributed by atoms with Crippen molar-refractivity contribution >= 4 is 5.97 Å². The Bertz CT molecular complexity index is 426. The molecule has 0 aliphatic rings. The normalized spacial score (nSPS) is 14.8. The van der Waals surface area contributed by atoms with E-state index in [1.54, 1.807) is 13.8 Å². The van der Waals surface area contributed by atoms with Crippen LogP contribution in [0.15, 0.2) is 24.3 Å². The zero-order valence-electron chi connectivity index (χ0n) is 10.6. The van der Waals surface area contributed by atoms with E-state index in [0.717, 1.165) is 5.56 Å². The number of ether oxygens (including phenoxy) is 1. The van der Waals surface area contributed by atoms with Gasteiger partial charge in [0.05, 0.1) is 5.92 Å². The van der Waals surface area contributed by atoms with Crippen molar-refractivity contribution in [2.24, 2.45) is 11.8 Å². The minimum Gasteiger partial charge on any atom is -0.481 e. The second-order valence-electron chi connectivity index (χ2n) is 4.50. The summed E-state index contributed by atoms with van der Waals surface area (Å²) >= 11 is 0. The molecule has 0 spiro atoms. The first-order valence-corrected chi connectivity index (χ1v) is 5.76. The minimum atomic E-state index is -4.70. The Kier molecular flexibility index (Phi) is 4.80. The highest BCUT2D eigenvalue weighted by molar-refractivity contribution is 5.69. The molecule has 0 amide bonds. The summed E-state index contributed by atoms with van der Waals surface area (Å²) in [6, 6.07) is 5.46. The molecule has 0 fully saturated rings. The van der Waals surface area contributed by atoms with Crippen LogP contribution in [0.5, 0.6) is 5.75 Å². The van der Waals surface area contributed by atoms with Crippen molar-refractivity contribution < 1.29 is 27.8 Å². The Morgan fingerprint density at radius 2 is 1.79 bits per heavy atom. The molecule has 0 bridgehead atoms. The van der Waals surface area contributed by atoms with Crippen LogP contribution in [-0.2, 0) is 11.2 Å². The highest BCUT2D eigenvalue weighted by Crippen LogP contribution is 2.24. The summed E-state index contributed by atoms with van der Waals surface area (Å²) in [4.78, 5) is 10.8. The van der Waals surface area contributed by atoms with E-state index in [2.05, 4.69) is 4.74 Å². The van der Waals surface area contributed by atoms with Crippen LogP contribution in [0.2, 0.25) is 0 Å². The predicted octanol–water partition coefficient (Wildman–Crippen LogP) is 3.48. The molecule has 0 radical (unpaired) electrons. The second kappa shape index (κ2) is 5.95. The molecule has 0 saturated carbocycles.